The molecule has 5 rings (SSSR count). The quantitative estimate of drug-likeness (QED) is 0.385. The van der Waals surface area contributed by atoms with Crippen LogP contribution >= 0.6 is 0 Å². The topological polar surface area (TPSA) is 111 Å². The van der Waals surface area contributed by atoms with E-state index in [1.165, 1.54) is 0 Å². The summed E-state index contributed by atoms with van der Waals surface area (Å²) in [6.45, 7) is 5.30. The third-order valence-electron chi connectivity index (χ3n) is 8.82. The first-order chi connectivity index (χ1) is 19.9. The molecule has 1 saturated heterocycles. The average molecular weight is 564 g/mol. The first kappa shape index (κ1) is 29.1. The Bertz CT molecular complexity index is 1260. The second kappa shape index (κ2) is 13.0. The molecule has 3 heterocycles. The van der Waals surface area contributed by atoms with Gasteiger partial charge < -0.3 is 24.7 Å². The molecular formula is C32H41N3O6. The van der Waals surface area contributed by atoms with E-state index in [-0.39, 0.29) is 30.9 Å². The van der Waals surface area contributed by atoms with Crippen molar-refractivity contribution in [3.63, 3.8) is 0 Å². The maximum Gasteiger partial charge on any atom is 0.308 e. The molecule has 3 aliphatic heterocycles. The molecule has 220 valence electrons. The maximum absolute atomic E-state index is 13.6. The van der Waals surface area contributed by atoms with E-state index in [1.54, 1.807) is 9.80 Å². The van der Waals surface area contributed by atoms with Crippen molar-refractivity contribution < 1.29 is 29.3 Å². The minimum atomic E-state index is -0.883. The van der Waals surface area contributed by atoms with Gasteiger partial charge in [0.1, 0.15) is 5.75 Å². The number of nitrogens with zero attached hydrogens (tertiary/aromatic N) is 3. The van der Waals surface area contributed by atoms with Gasteiger partial charge in [0, 0.05) is 63.3 Å². The highest BCUT2D eigenvalue weighted by atomic mass is 16.5. The average Bonchev–Trinajstić information content (AvgIpc) is 3.67. The molecule has 0 spiro atoms. The lowest BCUT2D eigenvalue weighted by molar-refractivity contribution is -0.144. The molecule has 3 unspecified atom stereocenters. The number of carboxylic acids is 1. The van der Waals surface area contributed by atoms with Crippen LogP contribution in [0.3, 0.4) is 0 Å². The minimum Gasteiger partial charge on any atom is -0.493 e. The number of carbonyl (C=O) groups excluding carboxylic acids is 2. The number of amides is 2. The predicted molar refractivity (Wildman–Crippen MR) is 154 cm³/mol. The summed E-state index contributed by atoms with van der Waals surface area (Å²) in [4.78, 5) is 45.1. The van der Waals surface area contributed by atoms with E-state index in [0.29, 0.717) is 57.7 Å². The third kappa shape index (κ3) is 6.26. The molecular weight excluding hydrogens is 522 g/mol. The second-order valence-corrected chi connectivity index (χ2v) is 11.4. The number of fused-ring (bicyclic) bond motifs is 2. The van der Waals surface area contributed by atoms with Crippen LogP contribution in [0.15, 0.2) is 42.5 Å². The Hall–Kier alpha value is -3.43. The fraction of sp³-hybridized carbons (Fsp3) is 0.531. The van der Waals surface area contributed by atoms with Gasteiger partial charge >= 0.3 is 5.97 Å². The van der Waals surface area contributed by atoms with Crippen LogP contribution < -0.4 is 4.74 Å². The zero-order chi connectivity index (χ0) is 28.9. The zero-order valence-corrected chi connectivity index (χ0v) is 23.8. The van der Waals surface area contributed by atoms with Gasteiger partial charge in [-0.15, -0.1) is 0 Å². The van der Waals surface area contributed by atoms with Gasteiger partial charge in [-0.05, 0) is 48.1 Å². The molecule has 3 atom stereocenters. The standard InChI is InChI=1S/C32H41N3O6/c1-2-3-13-33(14-6-16-36)29(37)21-35-20-26(22-9-10-28-23(18-22)12-17-41-28)30(32(39)40)27(35)11-15-34-19-24-7-4-5-8-25(24)31(34)38/h4-5,7-10,18,26-27,30,36H,2-3,6,11-17,19-21H2,1H3,(H,39,40). The smallest absolute Gasteiger partial charge is 0.308 e. The van der Waals surface area contributed by atoms with E-state index in [1.807, 2.05) is 41.3 Å². The minimum absolute atomic E-state index is 0.0136. The van der Waals surface area contributed by atoms with Crippen molar-refractivity contribution in [3.8, 4) is 5.75 Å². The van der Waals surface area contributed by atoms with Crippen molar-refractivity contribution in [2.75, 3.05) is 45.9 Å². The van der Waals surface area contributed by atoms with Crippen LogP contribution in [0.4, 0.5) is 0 Å². The molecule has 2 amide bonds. The number of aliphatic hydroxyl groups excluding tert-OH is 1. The predicted octanol–water partition coefficient (Wildman–Crippen LogP) is 3.15. The van der Waals surface area contributed by atoms with Crippen LogP contribution in [0.2, 0.25) is 0 Å². The monoisotopic (exact) mass is 563 g/mol. The van der Waals surface area contributed by atoms with Crippen LogP contribution in [-0.4, -0.2) is 94.7 Å². The molecule has 3 aliphatic rings. The van der Waals surface area contributed by atoms with Gasteiger partial charge in [-0.25, -0.2) is 0 Å². The zero-order valence-electron chi connectivity index (χ0n) is 23.8. The third-order valence-corrected chi connectivity index (χ3v) is 8.82. The van der Waals surface area contributed by atoms with Crippen molar-refractivity contribution in [2.24, 2.45) is 5.92 Å². The van der Waals surface area contributed by atoms with Crippen molar-refractivity contribution >= 4 is 17.8 Å². The summed E-state index contributed by atoms with van der Waals surface area (Å²) in [6, 6.07) is 13.1. The first-order valence-corrected chi connectivity index (χ1v) is 14.9. The van der Waals surface area contributed by atoms with Gasteiger partial charge in [0.2, 0.25) is 5.91 Å². The Morgan fingerprint density at radius 2 is 1.90 bits per heavy atom. The van der Waals surface area contributed by atoms with Gasteiger partial charge in [-0.2, -0.15) is 0 Å². The Morgan fingerprint density at radius 1 is 1.10 bits per heavy atom. The molecule has 2 aromatic carbocycles. The van der Waals surface area contributed by atoms with Crippen molar-refractivity contribution in [2.45, 2.75) is 57.5 Å². The van der Waals surface area contributed by atoms with Gasteiger partial charge in [0.05, 0.1) is 19.1 Å². The van der Waals surface area contributed by atoms with Crippen molar-refractivity contribution in [1.82, 2.24) is 14.7 Å². The van der Waals surface area contributed by atoms with Gasteiger partial charge in [0.25, 0.3) is 5.91 Å². The number of unbranched alkanes of at least 4 members (excludes halogenated alkanes) is 1. The molecule has 2 N–H and O–H groups in total. The molecule has 1 fully saturated rings. The largest absolute Gasteiger partial charge is 0.493 e. The number of hydrogen-bond donors (Lipinski definition) is 2. The van der Waals surface area contributed by atoms with Crippen LogP contribution in [-0.2, 0) is 22.6 Å². The van der Waals surface area contributed by atoms with E-state index in [2.05, 4.69) is 13.0 Å². The number of carbonyl (C=O) groups is 3. The SMILES string of the molecule is CCCCN(CCCO)C(=O)CN1CC(c2ccc3c(c2)CCO3)C(C(=O)O)C1CCN1Cc2ccccc2C1=O. The van der Waals surface area contributed by atoms with Crippen molar-refractivity contribution in [3.05, 3.63) is 64.7 Å². The van der Waals surface area contributed by atoms with Crippen LogP contribution in [0.5, 0.6) is 5.75 Å². The summed E-state index contributed by atoms with van der Waals surface area (Å²) < 4.78 is 5.68. The number of rotatable bonds is 13. The fourth-order valence-electron chi connectivity index (χ4n) is 6.66. The molecule has 0 radical (unpaired) electrons. The van der Waals surface area contributed by atoms with Crippen LogP contribution in [0, 0.1) is 5.92 Å². The Balaban J connectivity index is 1.39. The lowest BCUT2D eigenvalue weighted by Crippen LogP contribution is -2.45. The Kier molecular flexibility index (Phi) is 9.25. The molecule has 2 aromatic rings. The van der Waals surface area contributed by atoms with E-state index in [0.717, 1.165) is 41.7 Å². The Labute approximate surface area is 241 Å². The summed E-state index contributed by atoms with van der Waals surface area (Å²) in [5, 5.41) is 19.9. The number of ether oxygens (including phenoxy) is 1. The molecule has 0 saturated carbocycles. The number of benzene rings is 2. The van der Waals surface area contributed by atoms with E-state index in [4.69, 9.17) is 4.74 Å². The molecule has 9 nitrogen and oxygen atoms in total. The molecule has 0 aliphatic carbocycles. The molecule has 9 heteroatoms. The van der Waals surface area contributed by atoms with Crippen LogP contribution in [0.1, 0.15) is 65.6 Å². The van der Waals surface area contributed by atoms with Crippen LogP contribution in [0.25, 0.3) is 0 Å². The second-order valence-electron chi connectivity index (χ2n) is 11.4. The fourth-order valence-corrected chi connectivity index (χ4v) is 6.66. The highest BCUT2D eigenvalue weighted by Gasteiger charge is 2.47. The lowest BCUT2D eigenvalue weighted by atomic mass is 9.83. The van der Waals surface area contributed by atoms with Crippen molar-refractivity contribution in [1.29, 1.82) is 0 Å². The number of aliphatic hydroxyl groups is 1. The highest BCUT2D eigenvalue weighted by Crippen LogP contribution is 2.41. The summed E-state index contributed by atoms with van der Waals surface area (Å²) in [6.07, 6.45) is 3.59. The molecule has 41 heavy (non-hydrogen) atoms. The van der Waals surface area contributed by atoms with E-state index >= 15 is 0 Å². The summed E-state index contributed by atoms with van der Waals surface area (Å²) in [7, 11) is 0. The van der Waals surface area contributed by atoms with E-state index < -0.39 is 17.9 Å². The highest BCUT2D eigenvalue weighted by molar-refractivity contribution is 5.98. The molecule has 0 aromatic heterocycles. The Morgan fingerprint density at radius 3 is 2.66 bits per heavy atom. The lowest BCUT2D eigenvalue weighted by Gasteiger charge is -2.30. The normalized spacial score (nSPS) is 21.6. The first-order valence-electron chi connectivity index (χ1n) is 14.9. The number of likely N-dealkylation sites (tertiary alicyclic amines) is 1. The van der Waals surface area contributed by atoms with Gasteiger partial charge in [0.15, 0.2) is 0 Å². The number of aliphatic carboxylic acids is 1. The van der Waals surface area contributed by atoms with E-state index in [9.17, 15) is 24.6 Å². The number of hydrogen-bond acceptors (Lipinski definition) is 6. The van der Waals surface area contributed by atoms with Gasteiger partial charge in [-0.1, -0.05) is 43.7 Å². The maximum atomic E-state index is 13.6. The summed E-state index contributed by atoms with van der Waals surface area (Å²) in [5.74, 6) is -1.11. The molecule has 0 bridgehead atoms. The summed E-state index contributed by atoms with van der Waals surface area (Å²) >= 11 is 0. The summed E-state index contributed by atoms with van der Waals surface area (Å²) in [5.41, 5.74) is 3.73. The number of carboxylic acid groups (broad SMARTS) is 1. The van der Waals surface area contributed by atoms with Gasteiger partial charge in [-0.3, -0.25) is 19.3 Å².